The summed E-state index contributed by atoms with van der Waals surface area (Å²) in [6.45, 7) is 1.10. The van der Waals surface area contributed by atoms with Crippen LogP contribution in [-0.2, 0) is 11.2 Å². The Bertz CT molecular complexity index is 989. The number of carbonyl (C=O) groups is 1. The largest absolute Gasteiger partial charge is 0.486 e. The number of H-pyrrole nitrogens is 2. The predicted octanol–water partition coefficient (Wildman–Crippen LogP) is 2.20. The molecule has 25 heavy (non-hydrogen) atoms. The third-order valence-corrected chi connectivity index (χ3v) is 4.05. The molecule has 128 valence electrons. The van der Waals surface area contributed by atoms with Gasteiger partial charge in [0.2, 0.25) is 5.91 Å². The van der Waals surface area contributed by atoms with Crippen molar-refractivity contribution in [3.05, 3.63) is 52.4 Å². The first-order valence-corrected chi connectivity index (χ1v) is 8.08. The lowest BCUT2D eigenvalue weighted by atomic mass is 10.1. The third-order valence-electron chi connectivity index (χ3n) is 4.05. The molecule has 2 heterocycles. The highest BCUT2D eigenvalue weighted by Gasteiger charge is 2.12. The summed E-state index contributed by atoms with van der Waals surface area (Å²) in [5, 5.41) is 2.85. The van der Waals surface area contributed by atoms with E-state index in [1.54, 1.807) is 18.2 Å². The molecule has 4 rings (SSSR count). The molecule has 7 nitrogen and oxygen atoms in total. The number of carbonyl (C=O) groups excluding carboxylic acids is 1. The van der Waals surface area contributed by atoms with Gasteiger partial charge in [0.05, 0.1) is 11.0 Å². The Morgan fingerprint density at radius 1 is 1.00 bits per heavy atom. The second kappa shape index (κ2) is 6.35. The number of hydrogen-bond donors (Lipinski definition) is 3. The molecule has 1 amide bonds. The molecule has 0 fully saturated rings. The number of hydrogen-bond acceptors (Lipinski definition) is 4. The van der Waals surface area contributed by atoms with E-state index in [2.05, 4.69) is 15.3 Å². The zero-order valence-electron chi connectivity index (χ0n) is 13.4. The summed E-state index contributed by atoms with van der Waals surface area (Å²) in [5.74, 6) is 1.38. The van der Waals surface area contributed by atoms with E-state index in [1.807, 2.05) is 18.2 Å². The van der Waals surface area contributed by atoms with Crippen LogP contribution in [0.5, 0.6) is 11.5 Å². The van der Waals surface area contributed by atoms with Gasteiger partial charge in [-0.2, -0.15) is 0 Å². The highest BCUT2D eigenvalue weighted by molar-refractivity contribution is 5.93. The first-order valence-electron chi connectivity index (χ1n) is 8.08. The molecule has 0 saturated heterocycles. The lowest BCUT2D eigenvalue weighted by Gasteiger charge is -2.18. The van der Waals surface area contributed by atoms with Crippen molar-refractivity contribution < 1.29 is 14.3 Å². The van der Waals surface area contributed by atoms with Crippen LogP contribution in [0.15, 0.2) is 41.2 Å². The Hall–Kier alpha value is -3.22. The molecule has 1 aliphatic heterocycles. The molecule has 0 aliphatic carbocycles. The molecule has 0 spiro atoms. The number of aromatic amines is 2. The van der Waals surface area contributed by atoms with Crippen molar-refractivity contribution in [2.45, 2.75) is 12.8 Å². The van der Waals surface area contributed by atoms with Crippen LogP contribution >= 0.6 is 0 Å². The number of aromatic nitrogens is 2. The highest BCUT2D eigenvalue weighted by atomic mass is 16.6. The van der Waals surface area contributed by atoms with E-state index >= 15 is 0 Å². The van der Waals surface area contributed by atoms with Gasteiger partial charge in [0.15, 0.2) is 11.5 Å². The molecule has 3 N–H and O–H groups in total. The maximum atomic E-state index is 12.2. The van der Waals surface area contributed by atoms with Crippen molar-refractivity contribution in [3.8, 4) is 11.5 Å². The zero-order chi connectivity index (χ0) is 17.2. The van der Waals surface area contributed by atoms with Gasteiger partial charge in [-0.05, 0) is 42.3 Å². The van der Waals surface area contributed by atoms with Crippen LogP contribution in [0.25, 0.3) is 11.0 Å². The lowest BCUT2D eigenvalue weighted by Crippen LogP contribution is -2.15. The summed E-state index contributed by atoms with van der Waals surface area (Å²) >= 11 is 0. The van der Waals surface area contributed by atoms with Crippen molar-refractivity contribution in [2.24, 2.45) is 0 Å². The standard InChI is InChI=1S/C18H17N3O4/c22-17(19-12-3-4-13-14(10-12)21-18(23)20-13)6-2-11-1-5-15-16(9-11)25-8-7-24-15/h1,3-5,9-10H,2,6-8H2,(H,19,22)(H2,20,21,23). The van der Waals surface area contributed by atoms with Crippen LogP contribution in [0, 0.1) is 0 Å². The normalized spacial score (nSPS) is 13.0. The number of rotatable bonds is 4. The number of fused-ring (bicyclic) bond motifs is 2. The van der Waals surface area contributed by atoms with Crippen molar-refractivity contribution >= 4 is 22.6 Å². The van der Waals surface area contributed by atoms with Crippen molar-refractivity contribution in [1.82, 2.24) is 9.97 Å². The molecule has 1 aliphatic rings. The molecular formula is C18H17N3O4. The van der Waals surface area contributed by atoms with Crippen LogP contribution in [0.1, 0.15) is 12.0 Å². The minimum Gasteiger partial charge on any atom is -0.486 e. The van der Waals surface area contributed by atoms with Crippen molar-refractivity contribution in [3.63, 3.8) is 0 Å². The fourth-order valence-corrected chi connectivity index (χ4v) is 2.83. The molecule has 2 aromatic carbocycles. The molecule has 0 atom stereocenters. The number of ether oxygens (including phenoxy) is 2. The van der Waals surface area contributed by atoms with Crippen LogP contribution in [0.3, 0.4) is 0 Å². The van der Waals surface area contributed by atoms with Gasteiger partial charge in [-0.25, -0.2) is 4.79 Å². The molecule has 7 heteroatoms. The maximum Gasteiger partial charge on any atom is 0.323 e. The van der Waals surface area contributed by atoms with Crippen LogP contribution in [0.4, 0.5) is 5.69 Å². The summed E-state index contributed by atoms with van der Waals surface area (Å²) in [7, 11) is 0. The van der Waals surface area contributed by atoms with Crippen LogP contribution < -0.4 is 20.5 Å². The monoisotopic (exact) mass is 339 g/mol. The molecule has 1 aromatic heterocycles. The Labute approximate surface area is 143 Å². The molecule has 0 radical (unpaired) electrons. The van der Waals surface area contributed by atoms with Gasteiger partial charge < -0.3 is 24.8 Å². The van der Waals surface area contributed by atoms with E-state index in [0.29, 0.717) is 42.8 Å². The number of anilines is 1. The molecular weight excluding hydrogens is 322 g/mol. The molecule has 0 saturated carbocycles. The summed E-state index contributed by atoms with van der Waals surface area (Å²) in [5.41, 5.74) is 2.77. The second-order valence-corrected chi connectivity index (χ2v) is 5.87. The minimum absolute atomic E-state index is 0.0906. The van der Waals surface area contributed by atoms with Crippen molar-refractivity contribution in [2.75, 3.05) is 18.5 Å². The van der Waals surface area contributed by atoms with E-state index in [0.717, 1.165) is 17.1 Å². The van der Waals surface area contributed by atoms with Gasteiger partial charge in [0, 0.05) is 12.1 Å². The summed E-state index contributed by atoms with van der Waals surface area (Å²) < 4.78 is 11.0. The Morgan fingerprint density at radius 2 is 1.80 bits per heavy atom. The number of nitrogens with one attached hydrogen (secondary N) is 3. The fraction of sp³-hybridized carbons (Fsp3) is 0.222. The Balaban J connectivity index is 1.39. The van der Waals surface area contributed by atoms with E-state index in [1.165, 1.54) is 0 Å². The smallest absolute Gasteiger partial charge is 0.323 e. The third kappa shape index (κ3) is 3.35. The fourth-order valence-electron chi connectivity index (χ4n) is 2.83. The molecule has 0 bridgehead atoms. The van der Waals surface area contributed by atoms with Gasteiger partial charge in [-0.1, -0.05) is 6.07 Å². The first kappa shape index (κ1) is 15.3. The quantitative estimate of drug-likeness (QED) is 0.679. The number of imidazole rings is 1. The van der Waals surface area contributed by atoms with Gasteiger partial charge in [-0.3, -0.25) is 4.79 Å². The lowest BCUT2D eigenvalue weighted by molar-refractivity contribution is -0.116. The van der Waals surface area contributed by atoms with Gasteiger partial charge in [0.25, 0.3) is 0 Å². The van der Waals surface area contributed by atoms with E-state index < -0.39 is 0 Å². The van der Waals surface area contributed by atoms with Gasteiger partial charge in [0.1, 0.15) is 13.2 Å². The number of amides is 1. The van der Waals surface area contributed by atoms with E-state index in [-0.39, 0.29) is 11.6 Å². The van der Waals surface area contributed by atoms with Crippen LogP contribution in [-0.4, -0.2) is 29.1 Å². The average Bonchev–Trinajstić information content (AvgIpc) is 2.99. The van der Waals surface area contributed by atoms with E-state index in [4.69, 9.17) is 9.47 Å². The van der Waals surface area contributed by atoms with Crippen LogP contribution in [0.2, 0.25) is 0 Å². The topological polar surface area (TPSA) is 96.2 Å². The van der Waals surface area contributed by atoms with Crippen molar-refractivity contribution in [1.29, 1.82) is 0 Å². The Kier molecular flexibility index (Phi) is 3.89. The highest BCUT2D eigenvalue weighted by Crippen LogP contribution is 2.31. The van der Waals surface area contributed by atoms with Gasteiger partial charge >= 0.3 is 5.69 Å². The zero-order valence-corrected chi connectivity index (χ0v) is 13.4. The van der Waals surface area contributed by atoms with E-state index in [9.17, 15) is 9.59 Å². The molecule has 3 aromatic rings. The summed E-state index contributed by atoms with van der Waals surface area (Å²) in [4.78, 5) is 28.8. The SMILES string of the molecule is O=C(CCc1ccc2c(c1)OCCO2)Nc1ccc2[nH]c(=O)[nH]c2c1. The summed E-state index contributed by atoms with van der Waals surface area (Å²) in [6, 6.07) is 11.0. The summed E-state index contributed by atoms with van der Waals surface area (Å²) in [6.07, 6.45) is 0.951. The van der Waals surface area contributed by atoms with Gasteiger partial charge in [-0.15, -0.1) is 0 Å². The predicted molar refractivity (Wildman–Crippen MR) is 93.3 cm³/mol. The second-order valence-electron chi connectivity index (χ2n) is 5.87. The Morgan fingerprint density at radius 3 is 2.68 bits per heavy atom. The minimum atomic E-state index is -0.267. The molecule has 0 unspecified atom stereocenters. The first-order chi connectivity index (χ1) is 12.2. The number of aryl methyl sites for hydroxylation is 1. The average molecular weight is 339 g/mol. The number of benzene rings is 2. The maximum absolute atomic E-state index is 12.2.